The molecule has 3 rings (SSSR count). The van der Waals surface area contributed by atoms with Crippen LogP contribution in [0.5, 0.6) is 0 Å². The molecule has 1 aliphatic heterocycles. The zero-order chi connectivity index (χ0) is 16.6. The summed E-state index contributed by atoms with van der Waals surface area (Å²) in [4.78, 5) is 12.0. The van der Waals surface area contributed by atoms with Crippen molar-refractivity contribution < 1.29 is 17.9 Å². The molecular weight excluding hydrogens is 314 g/mol. The van der Waals surface area contributed by atoms with Gasteiger partial charge in [-0.3, -0.25) is 4.79 Å². The number of carbonyl (C=O) groups excluding carboxylic acids is 1. The standard InChI is InChI=1S/C17H21NO4S/c1-3-22-17(19)16-10-15(16)13-8-9-18(11-13)23(20,21)14-6-4-12(2)5-7-14/h4-8,15-16H,3,9-11H2,1-2H3. The maximum Gasteiger partial charge on any atom is 0.309 e. The van der Waals surface area contributed by atoms with Crippen LogP contribution in [-0.2, 0) is 19.6 Å². The molecule has 1 saturated carbocycles. The fraction of sp³-hybridized carbons (Fsp3) is 0.471. The molecule has 23 heavy (non-hydrogen) atoms. The van der Waals surface area contributed by atoms with E-state index in [-0.39, 0.29) is 17.8 Å². The van der Waals surface area contributed by atoms with Crippen molar-refractivity contribution in [1.29, 1.82) is 0 Å². The second kappa shape index (κ2) is 6.09. The van der Waals surface area contributed by atoms with Crippen molar-refractivity contribution in [2.75, 3.05) is 19.7 Å². The Balaban J connectivity index is 1.65. The van der Waals surface area contributed by atoms with Gasteiger partial charge in [0.1, 0.15) is 0 Å². The average Bonchev–Trinajstić information content (AvgIpc) is 3.16. The minimum Gasteiger partial charge on any atom is -0.466 e. The molecule has 0 radical (unpaired) electrons. The van der Waals surface area contributed by atoms with E-state index in [0.29, 0.717) is 24.6 Å². The zero-order valence-electron chi connectivity index (χ0n) is 13.4. The second-order valence-corrected chi connectivity index (χ2v) is 8.03. The number of aryl methyl sites for hydroxylation is 1. The van der Waals surface area contributed by atoms with Crippen molar-refractivity contribution in [2.24, 2.45) is 11.8 Å². The van der Waals surface area contributed by atoms with Gasteiger partial charge in [-0.05, 0) is 38.3 Å². The number of esters is 1. The first-order chi connectivity index (χ1) is 10.9. The highest BCUT2D eigenvalue weighted by Gasteiger charge is 2.48. The fourth-order valence-corrected chi connectivity index (χ4v) is 4.35. The number of ether oxygens (including phenoxy) is 1. The second-order valence-electron chi connectivity index (χ2n) is 6.09. The highest BCUT2D eigenvalue weighted by atomic mass is 32.2. The molecule has 0 bridgehead atoms. The van der Waals surface area contributed by atoms with Crippen LogP contribution in [0.25, 0.3) is 0 Å². The van der Waals surface area contributed by atoms with Crippen LogP contribution in [0.15, 0.2) is 40.8 Å². The number of rotatable bonds is 5. The van der Waals surface area contributed by atoms with Crippen LogP contribution in [0.4, 0.5) is 0 Å². The van der Waals surface area contributed by atoms with Crippen molar-refractivity contribution in [3.8, 4) is 0 Å². The van der Waals surface area contributed by atoms with E-state index in [9.17, 15) is 13.2 Å². The van der Waals surface area contributed by atoms with Crippen molar-refractivity contribution in [2.45, 2.75) is 25.2 Å². The lowest BCUT2D eigenvalue weighted by molar-refractivity contribution is -0.144. The smallest absolute Gasteiger partial charge is 0.309 e. The van der Waals surface area contributed by atoms with Crippen LogP contribution < -0.4 is 0 Å². The van der Waals surface area contributed by atoms with Gasteiger partial charge in [0.2, 0.25) is 10.0 Å². The third-order valence-corrected chi connectivity index (χ3v) is 6.26. The normalized spacial score (nSPS) is 24.3. The van der Waals surface area contributed by atoms with Gasteiger partial charge in [0, 0.05) is 13.1 Å². The van der Waals surface area contributed by atoms with Crippen LogP contribution in [0, 0.1) is 18.8 Å². The van der Waals surface area contributed by atoms with E-state index in [4.69, 9.17) is 4.74 Å². The lowest BCUT2D eigenvalue weighted by Crippen LogP contribution is -2.29. The molecule has 1 aromatic rings. The minimum atomic E-state index is -3.48. The van der Waals surface area contributed by atoms with Crippen molar-refractivity contribution in [3.63, 3.8) is 0 Å². The zero-order valence-corrected chi connectivity index (χ0v) is 14.2. The van der Waals surface area contributed by atoms with Crippen molar-refractivity contribution >= 4 is 16.0 Å². The molecule has 2 atom stereocenters. The van der Waals surface area contributed by atoms with Crippen LogP contribution in [-0.4, -0.2) is 38.4 Å². The average molecular weight is 335 g/mol. The molecule has 5 nitrogen and oxygen atoms in total. The van der Waals surface area contributed by atoms with Crippen LogP contribution >= 0.6 is 0 Å². The molecule has 1 aromatic carbocycles. The molecule has 1 fully saturated rings. The Labute approximate surface area is 137 Å². The SMILES string of the molecule is CCOC(=O)C1CC1C1=CCN(S(=O)(=O)c2ccc(C)cc2)C1. The Hall–Kier alpha value is -1.66. The van der Waals surface area contributed by atoms with E-state index in [2.05, 4.69) is 0 Å². The summed E-state index contributed by atoms with van der Waals surface area (Å²) in [5.41, 5.74) is 2.07. The summed E-state index contributed by atoms with van der Waals surface area (Å²) in [5, 5.41) is 0. The summed E-state index contributed by atoms with van der Waals surface area (Å²) in [6.07, 6.45) is 2.71. The van der Waals surface area contributed by atoms with Crippen LogP contribution in [0.2, 0.25) is 0 Å². The van der Waals surface area contributed by atoms with Gasteiger partial charge in [0.15, 0.2) is 0 Å². The first-order valence-corrected chi connectivity index (χ1v) is 9.30. The van der Waals surface area contributed by atoms with Gasteiger partial charge in [-0.15, -0.1) is 0 Å². The van der Waals surface area contributed by atoms with E-state index in [1.165, 1.54) is 4.31 Å². The summed E-state index contributed by atoms with van der Waals surface area (Å²) in [6, 6.07) is 6.88. The number of benzene rings is 1. The predicted molar refractivity (Wildman–Crippen MR) is 86.3 cm³/mol. The molecule has 0 amide bonds. The highest BCUT2D eigenvalue weighted by molar-refractivity contribution is 7.89. The lowest BCUT2D eigenvalue weighted by atomic mass is 10.1. The van der Waals surface area contributed by atoms with Gasteiger partial charge >= 0.3 is 5.97 Å². The lowest BCUT2D eigenvalue weighted by Gasteiger charge is -2.16. The number of nitrogens with zero attached hydrogens (tertiary/aromatic N) is 1. The number of hydrogen-bond acceptors (Lipinski definition) is 4. The molecule has 0 aromatic heterocycles. The number of carbonyl (C=O) groups is 1. The largest absolute Gasteiger partial charge is 0.466 e. The monoisotopic (exact) mass is 335 g/mol. The third kappa shape index (κ3) is 3.19. The minimum absolute atomic E-state index is 0.0942. The van der Waals surface area contributed by atoms with Gasteiger partial charge in [-0.2, -0.15) is 4.31 Å². The highest BCUT2D eigenvalue weighted by Crippen LogP contribution is 2.46. The molecule has 2 unspecified atom stereocenters. The molecule has 2 aliphatic rings. The van der Waals surface area contributed by atoms with E-state index >= 15 is 0 Å². The molecule has 6 heteroatoms. The molecule has 0 N–H and O–H groups in total. The van der Waals surface area contributed by atoms with E-state index in [1.807, 2.05) is 13.0 Å². The van der Waals surface area contributed by atoms with Crippen molar-refractivity contribution in [3.05, 3.63) is 41.5 Å². The molecule has 0 saturated heterocycles. The Morgan fingerprint density at radius 2 is 2.00 bits per heavy atom. The van der Waals surface area contributed by atoms with Gasteiger partial charge in [0.25, 0.3) is 0 Å². The molecule has 124 valence electrons. The Morgan fingerprint density at radius 1 is 1.30 bits per heavy atom. The number of sulfonamides is 1. The summed E-state index contributed by atoms with van der Waals surface area (Å²) >= 11 is 0. The summed E-state index contributed by atoms with van der Waals surface area (Å²) in [7, 11) is -3.48. The van der Waals surface area contributed by atoms with E-state index < -0.39 is 10.0 Å². The van der Waals surface area contributed by atoms with Gasteiger partial charge in [-0.25, -0.2) is 8.42 Å². The Bertz CT molecular complexity index is 736. The third-order valence-electron chi connectivity index (χ3n) is 4.43. The molecule has 1 aliphatic carbocycles. The van der Waals surface area contributed by atoms with Crippen molar-refractivity contribution in [1.82, 2.24) is 4.31 Å². The summed E-state index contributed by atoms with van der Waals surface area (Å²) in [6.45, 7) is 4.85. The molecular formula is C17H21NO4S. The molecule has 0 spiro atoms. The van der Waals surface area contributed by atoms with Gasteiger partial charge < -0.3 is 4.74 Å². The predicted octanol–water partition coefficient (Wildman–Crippen LogP) is 2.12. The van der Waals surface area contributed by atoms with E-state index in [0.717, 1.165) is 17.6 Å². The maximum absolute atomic E-state index is 12.7. The van der Waals surface area contributed by atoms with E-state index in [1.54, 1.807) is 31.2 Å². The fourth-order valence-electron chi connectivity index (χ4n) is 2.98. The quantitative estimate of drug-likeness (QED) is 0.611. The first-order valence-electron chi connectivity index (χ1n) is 7.86. The Kier molecular flexibility index (Phi) is 4.29. The summed E-state index contributed by atoms with van der Waals surface area (Å²) in [5.74, 6) is -0.117. The molecule has 1 heterocycles. The maximum atomic E-state index is 12.7. The number of hydrogen-bond donors (Lipinski definition) is 0. The van der Waals surface area contributed by atoms with Crippen LogP contribution in [0.3, 0.4) is 0 Å². The first kappa shape index (κ1) is 16.2. The Morgan fingerprint density at radius 3 is 2.65 bits per heavy atom. The topological polar surface area (TPSA) is 63.7 Å². The van der Waals surface area contributed by atoms with Gasteiger partial charge in [0.05, 0.1) is 17.4 Å². The van der Waals surface area contributed by atoms with Crippen LogP contribution in [0.1, 0.15) is 18.9 Å². The summed E-state index contributed by atoms with van der Waals surface area (Å²) < 4.78 is 31.8. The van der Waals surface area contributed by atoms with Gasteiger partial charge in [-0.1, -0.05) is 29.3 Å².